The van der Waals surface area contributed by atoms with Crippen LogP contribution in [0.15, 0.2) is 83.9 Å². The van der Waals surface area contributed by atoms with Gasteiger partial charge in [-0.25, -0.2) is 22.8 Å². The Bertz CT molecular complexity index is 1650. The molecule has 9 nitrogen and oxygen atoms in total. The van der Waals surface area contributed by atoms with E-state index in [9.17, 15) is 27.2 Å². The van der Waals surface area contributed by atoms with E-state index >= 15 is 0 Å². The zero-order chi connectivity index (χ0) is 27.0. The van der Waals surface area contributed by atoms with E-state index in [-0.39, 0.29) is 29.1 Å². The van der Waals surface area contributed by atoms with E-state index < -0.39 is 39.6 Å². The molecule has 3 amide bonds. The van der Waals surface area contributed by atoms with Crippen LogP contribution >= 0.6 is 0 Å². The van der Waals surface area contributed by atoms with Crippen molar-refractivity contribution >= 4 is 44.3 Å². The number of nitrogens with one attached hydrogen (secondary N) is 1. The maximum atomic E-state index is 13.5. The second kappa shape index (κ2) is 9.84. The van der Waals surface area contributed by atoms with Crippen molar-refractivity contribution in [2.75, 3.05) is 11.4 Å². The van der Waals surface area contributed by atoms with Gasteiger partial charge < -0.3 is 9.88 Å². The molecule has 0 bridgehead atoms. The molecule has 0 spiro atoms. The van der Waals surface area contributed by atoms with Crippen molar-refractivity contribution in [3.63, 3.8) is 0 Å². The van der Waals surface area contributed by atoms with Gasteiger partial charge in [0.1, 0.15) is 11.9 Å². The molecule has 0 aliphatic carbocycles. The number of nitrogens with zero attached hydrogens (tertiary/aromatic N) is 2. The van der Waals surface area contributed by atoms with Crippen LogP contribution in [0.2, 0.25) is 0 Å². The molecule has 3 N–H and O–H groups in total. The molecular weight excluding hydrogens is 511 g/mol. The number of sulfonamides is 1. The fourth-order valence-corrected chi connectivity index (χ4v) is 5.17. The number of fused-ring (bicyclic) bond motifs is 1. The number of carbonyl (C=O) groups is 3. The van der Waals surface area contributed by atoms with Gasteiger partial charge in [-0.15, -0.1) is 0 Å². The van der Waals surface area contributed by atoms with Crippen LogP contribution in [0.4, 0.5) is 10.1 Å². The molecule has 5 rings (SSSR count). The molecule has 11 heteroatoms. The molecule has 0 saturated carbocycles. The molecule has 1 atom stereocenters. The van der Waals surface area contributed by atoms with Crippen molar-refractivity contribution < 1.29 is 27.2 Å². The fourth-order valence-electron chi connectivity index (χ4n) is 4.65. The van der Waals surface area contributed by atoms with Crippen molar-refractivity contribution in [2.24, 2.45) is 5.14 Å². The number of para-hydroxylation sites is 1. The molecule has 1 aromatic heterocycles. The van der Waals surface area contributed by atoms with Gasteiger partial charge in [0.2, 0.25) is 15.9 Å². The molecule has 0 radical (unpaired) electrons. The van der Waals surface area contributed by atoms with E-state index in [0.717, 1.165) is 33.5 Å². The highest BCUT2D eigenvalue weighted by molar-refractivity contribution is 7.89. The Labute approximate surface area is 217 Å². The second-order valence-electron chi connectivity index (χ2n) is 8.94. The number of carbonyl (C=O) groups excluding carboxylic acids is 3. The van der Waals surface area contributed by atoms with E-state index in [4.69, 9.17) is 5.14 Å². The number of rotatable bonds is 7. The van der Waals surface area contributed by atoms with Crippen molar-refractivity contribution in [3.05, 3.63) is 95.9 Å². The molecule has 38 heavy (non-hydrogen) atoms. The zero-order valence-electron chi connectivity index (χ0n) is 20.0. The fraction of sp³-hybridized carbons (Fsp3) is 0.148. The van der Waals surface area contributed by atoms with Crippen molar-refractivity contribution in [1.82, 2.24) is 9.88 Å². The van der Waals surface area contributed by atoms with Gasteiger partial charge in [-0.3, -0.25) is 14.4 Å². The Balaban J connectivity index is 1.45. The van der Waals surface area contributed by atoms with E-state index in [2.05, 4.69) is 4.98 Å². The highest BCUT2D eigenvalue weighted by Gasteiger charge is 2.44. The van der Waals surface area contributed by atoms with Gasteiger partial charge in [0.15, 0.2) is 0 Å². The third-order valence-electron chi connectivity index (χ3n) is 6.57. The molecule has 1 fully saturated rings. The Kier molecular flexibility index (Phi) is 6.55. The number of halogens is 1. The SMILES string of the molecule is NS(=O)(=O)c1ccc(N2C(=O)CC(N(CCc3c[nH]c4ccccc34)C(=O)c3ccc(F)cc3)C2=O)cc1. The normalized spacial score (nSPS) is 15.8. The van der Waals surface area contributed by atoms with E-state index in [1.165, 1.54) is 41.3 Å². The number of hydrogen-bond acceptors (Lipinski definition) is 5. The van der Waals surface area contributed by atoms with Crippen LogP contribution in [-0.4, -0.2) is 48.6 Å². The lowest BCUT2D eigenvalue weighted by Crippen LogP contribution is -2.46. The molecule has 1 saturated heterocycles. The van der Waals surface area contributed by atoms with Crippen LogP contribution in [0.5, 0.6) is 0 Å². The van der Waals surface area contributed by atoms with Gasteiger partial charge in [-0.05, 0) is 66.6 Å². The lowest BCUT2D eigenvalue weighted by Gasteiger charge is -2.28. The molecule has 1 aliphatic heterocycles. The first kappa shape index (κ1) is 25.3. The number of primary sulfonamides is 1. The van der Waals surface area contributed by atoms with Gasteiger partial charge >= 0.3 is 0 Å². The minimum Gasteiger partial charge on any atom is -0.361 e. The summed E-state index contributed by atoms with van der Waals surface area (Å²) in [5.74, 6) is -2.17. The van der Waals surface area contributed by atoms with Crippen LogP contribution in [0.25, 0.3) is 10.9 Å². The summed E-state index contributed by atoms with van der Waals surface area (Å²) >= 11 is 0. The highest BCUT2D eigenvalue weighted by atomic mass is 32.2. The summed E-state index contributed by atoms with van der Waals surface area (Å²) in [5, 5.41) is 6.12. The predicted octanol–water partition coefficient (Wildman–Crippen LogP) is 2.97. The minimum atomic E-state index is -3.95. The number of amides is 3. The van der Waals surface area contributed by atoms with Crippen LogP contribution in [0.3, 0.4) is 0 Å². The second-order valence-corrected chi connectivity index (χ2v) is 10.5. The van der Waals surface area contributed by atoms with Crippen LogP contribution in [0, 0.1) is 5.82 Å². The summed E-state index contributed by atoms with van der Waals surface area (Å²) in [5.41, 5.74) is 2.21. The number of H-pyrrole nitrogens is 1. The Morgan fingerprint density at radius 2 is 1.71 bits per heavy atom. The Morgan fingerprint density at radius 3 is 2.39 bits per heavy atom. The molecule has 3 aromatic carbocycles. The van der Waals surface area contributed by atoms with Crippen LogP contribution in [-0.2, 0) is 26.0 Å². The summed E-state index contributed by atoms with van der Waals surface area (Å²) in [6, 6.07) is 16.6. The number of hydrogen-bond donors (Lipinski definition) is 2. The van der Waals surface area contributed by atoms with Crippen LogP contribution < -0.4 is 10.0 Å². The number of anilines is 1. The molecular formula is C27H23FN4O5S. The van der Waals surface area contributed by atoms with Gasteiger partial charge in [0.25, 0.3) is 11.8 Å². The van der Waals surface area contributed by atoms with Crippen molar-refractivity contribution in [1.29, 1.82) is 0 Å². The van der Waals surface area contributed by atoms with Gasteiger partial charge in [-0.2, -0.15) is 0 Å². The van der Waals surface area contributed by atoms with Crippen LogP contribution in [0.1, 0.15) is 22.3 Å². The lowest BCUT2D eigenvalue weighted by molar-refractivity contribution is -0.122. The maximum Gasteiger partial charge on any atom is 0.257 e. The molecule has 4 aromatic rings. The number of aromatic nitrogens is 1. The largest absolute Gasteiger partial charge is 0.361 e. The average molecular weight is 535 g/mol. The number of imide groups is 1. The third-order valence-corrected chi connectivity index (χ3v) is 7.50. The number of aromatic amines is 1. The standard InChI is InChI=1S/C27H23FN4O5S/c28-19-7-5-17(6-8-19)26(34)31(14-13-18-16-30-23-4-2-1-3-22(18)23)24-15-25(33)32(27(24)35)20-9-11-21(12-10-20)38(29,36)37/h1-12,16,24,30H,13-15H2,(H2,29,36,37). The average Bonchev–Trinajstić information content (AvgIpc) is 3.44. The smallest absolute Gasteiger partial charge is 0.257 e. The van der Waals surface area contributed by atoms with E-state index in [0.29, 0.717) is 6.42 Å². The molecule has 2 heterocycles. The molecule has 1 aliphatic rings. The quantitative estimate of drug-likeness (QED) is 0.352. The summed E-state index contributed by atoms with van der Waals surface area (Å²) in [6.07, 6.45) is 1.99. The lowest BCUT2D eigenvalue weighted by atomic mass is 10.1. The maximum absolute atomic E-state index is 13.5. The molecule has 194 valence electrons. The van der Waals surface area contributed by atoms with Gasteiger partial charge in [0.05, 0.1) is 17.0 Å². The summed E-state index contributed by atoms with van der Waals surface area (Å²) < 4.78 is 36.7. The number of nitrogens with two attached hydrogens (primary N) is 1. The minimum absolute atomic E-state index is 0.125. The van der Waals surface area contributed by atoms with Crippen molar-refractivity contribution in [2.45, 2.75) is 23.8 Å². The first-order valence-corrected chi connectivity index (χ1v) is 13.3. The van der Waals surface area contributed by atoms with E-state index in [1.807, 2.05) is 30.5 Å². The predicted molar refractivity (Wildman–Crippen MR) is 138 cm³/mol. The van der Waals surface area contributed by atoms with E-state index in [1.54, 1.807) is 0 Å². The first-order valence-electron chi connectivity index (χ1n) is 11.7. The first-order chi connectivity index (χ1) is 18.1. The topological polar surface area (TPSA) is 134 Å². The monoisotopic (exact) mass is 534 g/mol. The Morgan fingerprint density at radius 1 is 1.03 bits per heavy atom. The Hall–Kier alpha value is -4.35. The zero-order valence-corrected chi connectivity index (χ0v) is 20.8. The molecule has 1 unspecified atom stereocenters. The summed E-state index contributed by atoms with van der Waals surface area (Å²) in [6.45, 7) is 0.125. The number of benzene rings is 3. The van der Waals surface area contributed by atoms with Crippen molar-refractivity contribution in [3.8, 4) is 0 Å². The summed E-state index contributed by atoms with van der Waals surface area (Å²) in [7, 11) is -3.95. The summed E-state index contributed by atoms with van der Waals surface area (Å²) in [4.78, 5) is 45.3. The third kappa shape index (κ3) is 4.81. The van der Waals surface area contributed by atoms with Gasteiger partial charge in [0, 0.05) is 29.2 Å². The highest BCUT2D eigenvalue weighted by Crippen LogP contribution is 2.28. The van der Waals surface area contributed by atoms with Gasteiger partial charge in [-0.1, -0.05) is 18.2 Å².